The molecule has 0 saturated carbocycles. The number of pyridine rings is 1. The van der Waals surface area contributed by atoms with Gasteiger partial charge in [0.25, 0.3) is 5.91 Å². The SMILES string of the molecule is CSc1ccccc1-c1ccccc1NC(=O)c1c[nH]c2ccccc2c1=O. The normalized spacial score (nSPS) is 10.8. The molecule has 4 nitrogen and oxygen atoms in total. The molecule has 0 spiro atoms. The van der Waals surface area contributed by atoms with Crippen molar-refractivity contribution in [2.24, 2.45) is 0 Å². The van der Waals surface area contributed by atoms with Crippen LogP contribution in [0.5, 0.6) is 0 Å². The Morgan fingerprint density at radius 3 is 2.39 bits per heavy atom. The minimum atomic E-state index is -0.430. The largest absolute Gasteiger partial charge is 0.360 e. The molecule has 0 saturated heterocycles. The smallest absolute Gasteiger partial charge is 0.261 e. The molecular weight excluding hydrogens is 368 g/mol. The van der Waals surface area contributed by atoms with Crippen LogP contribution < -0.4 is 10.7 Å². The highest BCUT2D eigenvalue weighted by molar-refractivity contribution is 7.98. The lowest BCUT2D eigenvalue weighted by Crippen LogP contribution is -2.22. The van der Waals surface area contributed by atoms with Crippen molar-refractivity contribution < 1.29 is 4.79 Å². The third-order valence-electron chi connectivity index (χ3n) is 4.61. The summed E-state index contributed by atoms with van der Waals surface area (Å²) in [6.45, 7) is 0. The number of aromatic nitrogens is 1. The minimum absolute atomic E-state index is 0.0895. The van der Waals surface area contributed by atoms with Crippen LogP contribution in [-0.2, 0) is 0 Å². The zero-order valence-electron chi connectivity index (χ0n) is 15.2. The molecule has 0 aliphatic rings. The molecule has 3 aromatic carbocycles. The lowest BCUT2D eigenvalue weighted by Gasteiger charge is -2.14. The summed E-state index contributed by atoms with van der Waals surface area (Å²) in [4.78, 5) is 29.8. The van der Waals surface area contributed by atoms with Crippen molar-refractivity contribution in [2.75, 3.05) is 11.6 Å². The number of aromatic amines is 1. The molecule has 0 aliphatic heterocycles. The summed E-state index contributed by atoms with van der Waals surface area (Å²) < 4.78 is 0. The third-order valence-corrected chi connectivity index (χ3v) is 5.40. The third kappa shape index (κ3) is 3.32. The minimum Gasteiger partial charge on any atom is -0.360 e. The van der Waals surface area contributed by atoms with Crippen molar-refractivity contribution in [1.29, 1.82) is 0 Å². The summed E-state index contributed by atoms with van der Waals surface area (Å²) in [7, 11) is 0. The number of rotatable bonds is 4. The van der Waals surface area contributed by atoms with E-state index in [-0.39, 0.29) is 11.0 Å². The average Bonchev–Trinajstić information content (AvgIpc) is 2.74. The summed E-state index contributed by atoms with van der Waals surface area (Å²) >= 11 is 1.65. The first-order chi connectivity index (χ1) is 13.7. The fourth-order valence-corrected chi connectivity index (χ4v) is 3.83. The van der Waals surface area contributed by atoms with E-state index in [9.17, 15) is 9.59 Å². The molecule has 28 heavy (non-hydrogen) atoms. The Morgan fingerprint density at radius 1 is 0.893 bits per heavy atom. The van der Waals surface area contributed by atoms with Gasteiger partial charge in [-0.3, -0.25) is 9.59 Å². The van der Waals surface area contributed by atoms with Crippen LogP contribution in [-0.4, -0.2) is 17.1 Å². The quantitative estimate of drug-likeness (QED) is 0.476. The van der Waals surface area contributed by atoms with E-state index in [0.29, 0.717) is 16.6 Å². The highest BCUT2D eigenvalue weighted by Crippen LogP contribution is 2.34. The second-order valence-electron chi connectivity index (χ2n) is 6.28. The van der Waals surface area contributed by atoms with Gasteiger partial charge in [-0.2, -0.15) is 0 Å². The monoisotopic (exact) mass is 386 g/mol. The van der Waals surface area contributed by atoms with Crippen LogP contribution >= 0.6 is 11.8 Å². The molecule has 0 unspecified atom stereocenters. The maximum atomic E-state index is 12.9. The van der Waals surface area contributed by atoms with Gasteiger partial charge in [-0.25, -0.2) is 0 Å². The van der Waals surface area contributed by atoms with Crippen LogP contribution in [0.2, 0.25) is 0 Å². The fraction of sp³-hybridized carbons (Fsp3) is 0.0435. The van der Waals surface area contributed by atoms with Crippen LogP contribution in [0.4, 0.5) is 5.69 Å². The predicted molar refractivity (Wildman–Crippen MR) is 116 cm³/mol. The molecule has 1 amide bonds. The number of carbonyl (C=O) groups is 1. The molecule has 5 heteroatoms. The molecule has 0 bridgehead atoms. The first-order valence-electron chi connectivity index (χ1n) is 8.83. The molecule has 1 heterocycles. The van der Waals surface area contributed by atoms with Gasteiger partial charge in [0.05, 0.1) is 0 Å². The molecular formula is C23H18N2O2S. The van der Waals surface area contributed by atoms with E-state index < -0.39 is 5.91 Å². The number of nitrogens with one attached hydrogen (secondary N) is 2. The fourth-order valence-electron chi connectivity index (χ4n) is 3.22. The zero-order valence-corrected chi connectivity index (χ0v) is 16.0. The number of fused-ring (bicyclic) bond motifs is 1. The van der Waals surface area contributed by atoms with Gasteiger partial charge in [0.2, 0.25) is 5.43 Å². The number of hydrogen-bond acceptors (Lipinski definition) is 3. The summed E-state index contributed by atoms with van der Waals surface area (Å²) in [5.74, 6) is -0.430. The van der Waals surface area contributed by atoms with Crippen molar-refractivity contribution in [3.8, 4) is 11.1 Å². The second-order valence-corrected chi connectivity index (χ2v) is 7.13. The van der Waals surface area contributed by atoms with Gasteiger partial charge < -0.3 is 10.3 Å². The van der Waals surface area contributed by atoms with Gasteiger partial charge in [-0.1, -0.05) is 48.5 Å². The van der Waals surface area contributed by atoms with Crippen molar-refractivity contribution >= 4 is 34.3 Å². The Labute approximate surface area is 166 Å². The van der Waals surface area contributed by atoms with Crippen LogP contribution in [0.3, 0.4) is 0 Å². The van der Waals surface area contributed by atoms with Crippen molar-refractivity contribution in [3.05, 3.63) is 94.8 Å². The summed E-state index contributed by atoms with van der Waals surface area (Å²) in [5, 5.41) is 3.41. The lowest BCUT2D eigenvalue weighted by atomic mass is 10.0. The molecule has 0 atom stereocenters. The Bertz CT molecular complexity index is 1230. The van der Waals surface area contributed by atoms with Crippen molar-refractivity contribution in [2.45, 2.75) is 4.90 Å². The molecule has 0 fully saturated rings. The Balaban J connectivity index is 1.74. The van der Waals surface area contributed by atoms with Crippen LogP contribution in [0.25, 0.3) is 22.0 Å². The molecule has 0 aliphatic carbocycles. The number of hydrogen-bond donors (Lipinski definition) is 2. The predicted octanol–water partition coefficient (Wildman–Crippen LogP) is 5.17. The maximum Gasteiger partial charge on any atom is 0.261 e. The first kappa shape index (κ1) is 18.1. The van der Waals surface area contributed by atoms with Gasteiger partial charge in [0.15, 0.2) is 0 Å². The van der Waals surface area contributed by atoms with Crippen molar-refractivity contribution in [3.63, 3.8) is 0 Å². The van der Waals surface area contributed by atoms with E-state index in [2.05, 4.69) is 10.3 Å². The van der Waals surface area contributed by atoms with Crippen LogP contribution in [0.1, 0.15) is 10.4 Å². The first-order valence-corrected chi connectivity index (χ1v) is 10.1. The number of anilines is 1. The number of H-pyrrole nitrogens is 1. The topological polar surface area (TPSA) is 62.0 Å². The van der Waals surface area contributed by atoms with Crippen LogP contribution in [0, 0.1) is 0 Å². The number of thioether (sulfide) groups is 1. The van der Waals surface area contributed by atoms with E-state index in [4.69, 9.17) is 0 Å². The zero-order chi connectivity index (χ0) is 19.5. The number of carbonyl (C=O) groups excluding carboxylic acids is 1. The number of amides is 1. The second kappa shape index (κ2) is 7.74. The average molecular weight is 386 g/mol. The van der Waals surface area contributed by atoms with Gasteiger partial charge in [0, 0.05) is 33.2 Å². The Kier molecular flexibility index (Phi) is 5.00. The molecule has 0 radical (unpaired) electrons. The lowest BCUT2D eigenvalue weighted by molar-refractivity contribution is 0.102. The van der Waals surface area contributed by atoms with E-state index in [1.165, 1.54) is 6.20 Å². The van der Waals surface area contributed by atoms with Crippen molar-refractivity contribution in [1.82, 2.24) is 4.98 Å². The standard InChI is InChI=1S/C23H18N2O2S/c1-28-21-13-7-4-9-16(21)15-8-2-6-12-20(15)25-23(27)18-14-24-19-11-5-3-10-17(19)22(18)26/h2-14H,1H3,(H,24,26)(H,25,27). The highest BCUT2D eigenvalue weighted by Gasteiger charge is 2.16. The van der Waals surface area contributed by atoms with Gasteiger partial charge in [-0.15, -0.1) is 11.8 Å². The molecule has 1 aromatic heterocycles. The van der Waals surface area contributed by atoms with E-state index in [0.717, 1.165) is 16.0 Å². The summed E-state index contributed by atoms with van der Waals surface area (Å²) in [5.41, 5.74) is 3.14. The molecule has 4 rings (SSSR count). The summed E-state index contributed by atoms with van der Waals surface area (Å²) in [6, 6.07) is 22.8. The summed E-state index contributed by atoms with van der Waals surface area (Å²) in [6.07, 6.45) is 3.49. The molecule has 4 aromatic rings. The van der Waals surface area contributed by atoms with Gasteiger partial charge >= 0.3 is 0 Å². The Morgan fingerprint density at radius 2 is 1.57 bits per heavy atom. The van der Waals surface area contributed by atoms with E-state index in [1.807, 2.05) is 66.9 Å². The Hall–Kier alpha value is -3.31. The van der Waals surface area contributed by atoms with Gasteiger partial charge in [0.1, 0.15) is 5.56 Å². The van der Waals surface area contributed by atoms with E-state index in [1.54, 1.807) is 23.9 Å². The number of benzene rings is 3. The molecule has 2 N–H and O–H groups in total. The van der Waals surface area contributed by atoms with E-state index >= 15 is 0 Å². The molecule has 138 valence electrons. The number of para-hydroxylation sites is 2. The van der Waals surface area contributed by atoms with Gasteiger partial charge in [-0.05, 0) is 36.1 Å². The highest BCUT2D eigenvalue weighted by atomic mass is 32.2. The maximum absolute atomic E-state index is 12.9. The van der Waals surface area contributed by atoms with Crippen LogP contribution in [0.15, 0.2) is 88.7 Å².